The second-order valence-electron chi connectivity index (χ2n) is 4.08. The molecule has 0 unspecified atom stereocenters. The summed E-state index contributed by atoms with van der Waals surface area (Å²) in [6, 6.07) is 8.32. The van der Waals surface area contributed by atoms with Crippen LogP contribution in [0.15, 0.2) is 40.9 Å². The number of nitrogens with one attached hydrogen (secondary N) is 1. The lowest BCUT2D eigenvalue weighted by Gasteiger charge is -2.03. The molecular formula is C14H12N2O4. The molecule has 102 valence electrons. The molecule has 20 heavy (non-hydrogen) atoms. The average molecular weight is 272 g/mol. The predicted molar refractivity (Wildman–Crippen MR) is 72.3 cm³/mol. The lowest BCUT2D eigenvalue weighted by molar-refractivity contribution is -0.131. The summed E-state index contributed by atoms with van der Waals surface area (Å²) in [6.07, 6.45) is 2.47. The predicted octanol–water partition coefficient (Wildman–Crippen LogP) is 2.33. The summed E-state index contributed by atoms with van der Waals surface area (Å²) >= 11 is 0. The van der Waals surface area contributed by atoms with Crippen molar-refractivity contribution in [1.29, 1.82) is 0 Å². The molecule has 0 atom stereocenters. The maximum absolute atomic E-state index is 11.8. The molecule has 0 bridgehead atoms. The monoisotopic (exact) mass is 272 g/mol. The Morgan fingerprint density at radius 1 is 1.35 bits per heavy atom. The molecule has 0 aliphatic heterocycles. The number of nitrogens with zero attached hydrogens (tertiary/aromatic N) is 1. The van der Waals surface area contributed by atoms with Crippen LogP contribution in [0, 0.1) is 6.92 Å². The average Bonchev–Trinajstić information content (AvgIpc) is 2.84. The lowest BCUT2D eigenvalue weighted by Crippen LogP contribution is -2.10. The number of hydrogen-bond donors (Lipinski definition) is 2. The highest BCUT2D eigenvalue weighted by Gasteiger charge is 2.11. The van der Waals surface area contributed by atoms with E-state index in [0.717, 1.165) is 6.08 Å². The molecular weight excluding hydrogens is 260 g/mol. The van der Waals surface area contributed by atoms with Crippen LogP contribution in [0.2, 0.25) is 0 Å². The molecule has 2 N–H and O–H groups in total. The Bertz CT molecular complexity index is 673. The van der Waals surface area contributed by atoms with Gasteiger partial charge in [0.15, 0.2) is 0 Å². The zero-order valence-corrected chi connectivity index (χ0v) is 10.7. The van der Waals surface area contributed by atoms with Crippen LogP contribution in [0.25, 0.3) is 6.08 Å². The van der Waals surface area contributed by atoms with Crippen LogP contribution < -0.4 is 5.32 Å². The Kier molecular flexibility index (Phi) is 3.95. The molecule has 2 rings (SSSR count). The molecule has 0 aliphatic rings. The van der Waals surface area contributed by atoms with Crippen LogP contribution >= 0.6 is 0 Å². The molecule has 0 fully saturated rings. The van der Waals surface area contributed by atoms with Crippen molar-refractivity contribution in [2.45, 2.75) is 6.92 Å². The summed E-state index contributed by atoms with van der Waals surface area (Å²) in [5, 5.41) is 14.8. The van der Waals surface area contributed by atoms with Crippen LogP contribution in [0.1, 0.15) is 21.8 Å². The maximum Gasteiger partial charge on any atom is 0.328 e. The molecule has 6 nitrogen and oxygen atoms in total. The van der Waals surface area contributed by atoms with Crippen LogP contribution in [-0.4, -0.2) is 22.1 Å². The molecule has 6 heteroatoms. The van der Waals surface area contributed by atoms with Crippen molar-refractivity contribution in [2.75, 3.05) is 5.32 Å². The van der Waals surface area contributed by atoms with Crippen LogP contribution in [0.3, 0.4) is 0 Å². The fourth-order valence-electron chi connectivity index (χ4n) is 1.55. The topological polar surface area (TPSA) is 92.4 Å². The van der Waals surface area contributed by atoms with E-state index in [1.807, 2.05) is 0 Å². The van der Waals surface area contributed by atoms with Crippen LogP contribution in [0.5, 0.6) is 0 Å². The lowest BCUT2D eigenvalue weighted by atomic mass is 10.2. The van der Waals surface area contributed by atoms with Gasteiger partial charge in [0.05, 0.1) is 5.69 Å². The normalized spacial score (nSPS) is 10.7. The Morgan fingerprint density at radius 3 is 2.80 bits per heavy atom. The van der Waals surface area contributed by atoms with E-state index in [9.17, 15) is 9.59 Å². The Balaban J connectivity index is 2.11. The van der Waals surface area contributed by atoms with E-state index in [1.54, 1.807) is 31.2 Å². The summed E-state index contributed by atoms with van der Waals surface area (Å²) in [5.74, 6) is -1.32. The molecule has 1 heterocycles. The van der Waals surface area contributed by atoms with Gasteiger partial charge in [-0.3, -0.25) is 4.79 Å². The van der Waals surface area contributed by atoms with Gasteiger partial charge in [0.1, 0.15) is 0 Å². The first kappa shape index (κ1) is 13.5. The minimum absolute atomic E-state index is 0.119. The number of amides is 1. The van der Waals surface area contributed by atoms with Gasteiger partial charge in [-0.15, -0.1) is 0 Å². The number of rotatable bonds is 4. The molecule has 0 spiro atoms. The number of benzene rings is 1. The third kappa shape index (κ3) is 3.55. The number of aliphatic carboxylic acids is 1. The molecule has 1 amide bonds. The first-order valence-corrected chi connectivity index (χ1v) is 5.80. The van der Waals surface area contributed by atoms with E-state index in [2.05, 4.69) is 10.5 Å². The highest BCUT2D eigenvalue weighted by molar-refractivity contribution is 6.02. The van der Waals surface area contributed by atoms with E-state index < -0.39 is 11.9 Å². The zero-order valence-electron chi connectivity index (χ0n) is 10.7. The quantitative estimate of drug-likeness (QED) is 0.833. The Morgan fingerprint density at radius 2 is 2.15 bits per heavy atom. The molecule has 0 radical (unpaired) electrons. The van der Waals surface area contributed by atoms with E-state index in [-0.39, 0.29) is 5.76 Å². The summed E-state index contributed by atoms with van der Waals surface area (Å²) in [6.45, 7) is 1.72. The van der Waals surface area contributed by atoms with Crippen molar-refractivity contribution in [3.05, 3.63) is 53.4 Å². The van der Waals surface area contributed by atoms with Gasteiger partial charge in [0.2, 0.25) is 5.76 Å². The van der Waals surface area contributed by atoms with E-state index in [0.29, 0.717) is 16.9 Å². The highest BCUT2D eigenvalue weighted by atomic mass is 16.5. The Hall–Kier alpha value is -2.89. The molecule has 1 aromatic heterocycles. The zero-order chi connectivity index (χ0) is 14.5. The second kappa shape index (κ2) is 5.83. The number of carbonyl (C=O) groups is 2. The third-order valence-electron chi connectivity index (χ3n) is 2.41. The van der Waals surface area contributed by atoms with Crippen molar-refractivity contribution in [3.8, 4) is 0 Å². The number of hydrogen-bond acceptors (Lipinski definition) is 4. The number of carboxylic acids is 1. The minimum atomic E-state index is -1.03. The number of aryl methyl sites for hydroxylation is 1. The smallest absolute Gasteiger partial charge is 0.328 e. The first-order valence-electron chi connectivity index (χ1n) is 5.80. The van der Waals surface area contributed by atoms with Crippen LogP contribution in [-0.2, 0) is 4.79 Å². The third-order valence-corrected chi connectivity index (χ3v) is 2.41. The fourth-order valence-corrected chi connectivity index (χ4v) is 1.55. The van der Waals surface area contributed by atoms with Gasteiger partial charge >= 0.3 is 5.97 Å². The van der Waals surface area contributed by atoms with Crippen LogP contribution in [0.4, 0.5) is 5.69 Å². The number of anilines is 1. The second-order valence-corrected chi connectivity index (χ2v) is 4.08. The van der Waals surface area contributed by atoms with Crippen molar-refractivity contribution < 1.29 is 19.2 Å². The molecule has 0 saturated carbocycles. The van der Waals surface area contributed by atoms with Gasteiger partial charge in [-0.2, -0.15) is 0 Å². The molecule has 0 saturated heterocycles. The Labute approximate surface area is 114 Å². The van der Waals surface area contributed by atoms with Gasteiger partial charge < -0.3 is 14.9 Å². The SMILES string of the molecule is Cc1cc(C(=O)Nc2cccc(C=CC(=O)O)c2)on1. The summed E-state index contributed by atoms with van der Waals surface area (Å²) < 4.78 is 4.85. The van der Waals surface area contributed by atoms with Gasteiger partial charge in [-0.25, -0.2) is 4.79 Å². The number of carbonyl (C=O) groups excluding carboxylic acids is 1. The van der Waals surface area contributed by atoms with E-state index >= 15 is 0 Å². The van der Waals surface area contributed by atoms with E-state index in [4.69, 9.17) is 9.63 Å². The molecule has 1 aromatic carbocycles. The van der Waals surface area contributed by atoms with Crippen molar-refractivity contribution in [2.24, 2.45) is 0 Å². The van der Waals surface area contributed by atoms with Gasteiger partial charge in [0.25, 0.3) is 5.91 Å². The molecule has 0 aliphatic carbocycles. The first-order chi connectivity index (χ1) is 9.54. The summed E-state index contributed by atoms with van der Waals surface area (Å²) in [4.78, 5) is 22.3. The van der Waals surface area contributed by atoms with Gasteiger partial charge in [-0.05, 0) is 30.7 Å². The van der Waals surface area contributed by atoms with E-state index in [1.165, 1.54) is 12.1 Å². The van der Waals surface area contributed by atoms with Crippen molar-refractivity contribution >= 4 is 23.6 Å². The van der Waals surface area contributed by atoms with Crippen molar-refractivity contribution in [3.63, 3.8) is 0 Å². The molecule has 2 aromatic rings. The van der Waals surface area contributed by atoms with Crippen molar-refractivity contribution in [1.82, 2.24) is 5.16 Å². The minimum Gasteiger partial charge on any atom is -0.478 e. The number of aromatic nitrogens is 1. The summed E-state index contributed by atoms with van der Waals surface area (Å²) in [7, 11) is 0. The largest absolute Gasteiger partial charge is 0.478 e. The standard InChI is InChI=1S/C14H12N2O4/c1-9-7-12(20-16-9)14(19)15-11-4-2-3-10(8-11)5-6-13(17)18/h2-8H,1H3,(H,15,19)(H,17,18). The summed E-state index contributed by atoms with van der Waals surface area (Å²) in [5.41, 5.74) is 1.82. The van der Waals surface area contributed by atoms with Gasteiger partial charge in [-0.1, -0.05) is 17.3 Å². The fraction of sp³-hybridized carbons (Fsp3) is 0.0714. The highest BCUT2D eigenvalue weighted by Crippen LogP contribution is 2.14. The maximum atomic E-state index is 11.8. The van der Waals surface area contributed by atoms with Gasteiger partial charge in [0, 0.05) is 17.8 Å². The number of carboxylic acid groups (broad SMARTS) is 1.